The van der Waals surface area contributed by atoms with Gasteiger partial charge in [-0.3, -0.25) is 4.79 Å². The first-order chi connectivity index (χ1) is 18.6. The summed E-state index contributed by atoms with van der Waals surface area (Å²) >= 11 is 6.24. The third kappa shape index (κ3) is 6.03. The highest BCUT2D eigenvalue weighted by Crippen LogP contribution is 2.44. The van der Waals surface area contributed by atoms with Crippen LogP contribution in [-0.2, 0) is 19.9 Å². The largest absolute Gasteiger partial charge is 0.388 e. The van der Waals surface area contributed by atoms with Gasteiger partial charge in [-0.05, 0) is 55.7 Å². The minimum atomic E-state index is -4.14. The van der Waals surface area contributed by atoms with E-state index in [1.807, 2.05) is 0 Å². The number of benzene rings is 2. The van der Waals surface area contributed by atoms with Crippen LogP contribution in [0.2, 0.25) is 5.02 Å². The van der Waals surface area contributed by atoms with E-state index in [4.69, 9.17) is 11.6 Å². The number of aliphatic hydroxyl groups is 1. The second-order valence-corrected chi connectivity index (χ2v) is 15.2. The predicted molar refractivity (Wildman–Crippen MR) is 144 cm³/mol. The van der Waals surface area contributed by atoms with Gasteiger partial charge in [0.25, 0.3) is 5.91 Å². The third-order valence-electron chi connectivity index (χ3n) is 7.92. The summed E-state index contributed by atoms with van der Waals surface area (Å²) in [6, 6.07) is 4.67. The highest BCUT2D eigenvalue weighted by Gasteiger charge is 2.50. The van der Waals surface area contributed by atoms with Crippen molar-refractivity contribution >= 4 is 43.1 Å². The van der Waals surface area contributed by atoms with Gasteiger partial charge >= 0.3 is 0 Å². The Labute approximate surface area is 236 Å². The summed E-state index contributed by atoms with van der Waals surface area (Å²) in [5, 5.41) is 12.1. The summed E-state index contributed by atoms with van der Waals surface area (Å²) < 4.78 is 95.1. The number of anilines is 1. The predicted octanol–water partition coefficient (Wildman–Crippen LogP) is 4.42. The normalized spacial score (nSPS) is 25.5. The fourth-order valence-electron chi connectivity index (χ4n) is 5.30. The van der Waals surface area contributed by atoms with Crippen LogP contribution in [0.3, 0.4) is 0 Å². The molecule has 4 rings (SSSR count). The Kier molecular flexibility index (Phi) is 8.64. The number of amides is 1. The maximum absolute atomic E-state index is 13.8. The first-order valence-electron chi connectivity index (χ1n) is 12.8. The Morgan fingerprint density at radius 2 is 1.68 bits per heavy atom. The zero-order valence-electron chi connectivity index (χ0n) is 21.8. The first-order valence-corrected chi connectivity index (χ1v) is 16.3. The lowest BCUT2D eigenvalue weighted by atomic mass is 9.68. The Balaban J connectivity index is 1.56. The van der Waals surface area contributed by atoms with E-state index < -0.39 is 71.2 Å². The van der Waals surface area contributed by atoms with Crippen molar-refractivity contribution in [3.63, 3.8) is 0 Å². The van der Waals surface area contributed by atoms with E-state index in [2.05, 4.69) is 10.0 Å². The monoisotopic (exact) mass is 622 g/mol. The molecule has 0 spiro atoms. The van der Waals surface area contributed by atoms with Gasteiger partial charge in [-0.2, -0.15) is 0 Å². The molecule has 0 aromatic heterocycles. The van der Waals surface area contributed by atoms with Crippen molar-refractivity contribution in [3.8, 4) is 0 Å². The van der Waals surface area contributed by atoms with E-state index in [1.54, 1.807) is 13.8 Å². The van der Waals surface area contributed by atoms with Gasteiger partial charge in [0.15, 0.2) is 27.3 Å². The second-order valence-electron chi connectivity index (χ2n) is 10.6. The molecule has 2 aromatic carbocycles. The van der Waals surface area contributed by atoms with Crippen LogP contribution in [0.5, 0.6) is 0 Å². The number of carbonyl (C=O) groups is 1. The van der Waals surface area contributed by atoms with Crippen LogP contribution in [0, 0.1) is 29.3 Å². The fraction of sp³-hybridized carbons (Fsp3) is 0.500. The third-order valence-corrected chi connectivity index (χ3v) is 12.5. The SMILES string of the molecule is CCC1C[C@@H](S(=O)(=O)c2cc(C(=O)Nc3cc(F)c(F)c(F)c3)ccc2Cl)C[C@H](C)[C@@]1(O)CNS(=O)(=O)C1CC1. The molecule has 0 saturated heterocycles. The van der Waals surface area contributed by atoms with Gasteiger partial charge in [-0.1, -0.05) is 31.9 Å². The van der Waals surface area contributed by atoms with Gasteiger partial charge in [0.1, 0.15) is 0 Å². The van der Waals surface area contributed by atoms with Gasteiger partial charge in [-0.15, -0.1) is 0 Å². The molecule has 0 aliphatic heterocycles. The molecule has 2 aliphatic rings. The molecule has 40 heavy (non-hydrogen) atoms. The fourth-order valence-corrected chi connectivity index (χ4v) is 9.18. The smallest absolute Gasteiger partial charge is 0.255 e. The number of halogens is 4. The van der Waals surface area contributed by atoms with Crippen molar-refractivity contribution in [2.75, 3.05) is 11.9 Å². The molecule has 220 valence electrons. The van der Waals surface area contributed by atoms with Gasteiger partial charge in [0, 0.05) is 29.9 Å². The Morgan fingerprint density at radius 3 is 2.25 bits per heavy atom. The van der Waals surface area contributed by atoms with E-state index in [-0.39, 0.29) is 40.6 Å². The zero-order valence-corrected chi connectivity index (χ0v) is 24.1. The molecule has 1 amide bonds. The number of hydrogen-bond acceptors (Lipinski definition) is 6. The van der Waals surface area contributed by atoms with Crippen molar-refractivity contribution in [1.82, 2.24) is 4.72 Å². The Bertz CT molecular complexity index is 1510. The van der Waals surface area contributed by atoms with Crippen LogP contribution < -0.4 is 10.0 Å². The number of hydrogen-bond donors (Lipinski definition) is 3. The topological polar surface area (TPSA) is 130 Å². The zero-order chi connectivity index (χ0) is 29.6. The number of sulfonamides is 1. The number of carbonyl (C=O) groups excluding carboxylic acids is 1. The van der Waals surface area contributed by atoms with Crippen LogP contribution in [-0.4, -0.2) is 50.5 Å². The molecule has 0 bridgehead atoms. The summed E-state index contributed by atoms with van der Waals surface area (Å²) in [5.41, 5.74) is -2.01. The second kappa shape index (κ2) is 11.2. The lowest BCUT2D eigenvalue weighted by Gasteiger charge is -2.47. The lowest BCUT2D eigenvalue weighted by molar-refractivity contribution is -0.0831. The van der Waals surface area contributed by atoms with Gasteiger partial charge in [0.2, 0.25) is 10.0 Å². The van der Waals surface area contributed by atoms with Gasteiger partial charge in [-0.25, -0.2) is 34.7 Å². The summed E-state index contributed by atoms with van der Waals surface area (Å²) in [4.78, 5) is 12.4. The van der Waals surface area contributed by atoms with E-state index in [0.717, 1.165) is 6.07 Å². The minimum Gasteiger partial charge on any atom is -0.388 e. The van der Waals surface area contributed by atoms with Crippen LogP contribution >= 0.6 is 11.6 Å². The highest BCUT2D eigenvalue weighted by atomic mass is 35.5. The summed E-state index contributed by atoms with van der Waals surface area (Å²) in [6.45, 7) is 3.23. The molecule has 0 heterocycles. The Morgan fingerprint density at radius 1 is 1.05 bits per heavy atom. The quantitative estimate of drug-likeness (QED) is 0.355. The average molecular weight is 623 g/mol. The standard InChI is InChI=1S/C26H30ClF3N2O6S2/c1-3-16-10-19(8-14(2)26(16,34)13-31-40(37,38)18-5-6-18)39(35,36)23-9-15(4-7-20(23)27)25(33)32-17-11-21(28)24(30)22(29)12-17/h4,7,9,11-12,14,16,18-19,31,34H,3,5-6,8,10,13H2,1-2H3,(H,32,33)/t14-,16?,19-,26-/m0/s1. The van der Waals surface area contributed by atoms with Crippen molar-refractivity contribution in [1.29, 1.82) is 0 Å². The number of rotatable bonds is 9. The molecule has 2 saturated carbocycles. The molecule has 8 nitrogen and oxygen atoms in total. The molecular weight excluding hydrogens is 593 g/mol. The van der Waals surface area contributed by atoms with E-state index >= 15 is 0 Å². The molecular formula is C26H30ClF3N2O6S2. The van der Waals surface area contributed by atoms with Crippen LogP contribution in [0.15, 0.2) is 35.2 Å². The van der Waals surface area contributed by atoms with Crippen LogP contribution in [0.4, 0.5) is 18.9 Å². The lowest BCUT2D eigenvalue weighted by Crippen LogP contribution is -2.57. The van der Waals surface area contributed by atoms with Crippen molar-refractivity contribution < 1.29 is 39.9 Å². The molecule has 2 aliphatic carbocycles. The van der Waals surface area contributed by atoms with Gasteiger partial charge < -0.3 is 10.4 Å². The molecule has 4 atom stereocenters. The van der Waals surface area contributed by atoms with Crippen LogP contribution in [0.25, 0.3) is 0 Å². The Hall–Kier alpha value is -2.19. The summed E-state index contributed by atoms with van der Waals surface area (Å²) in [7, 11) is -7.70. The number of sulfone groups is 1. The van der Waals surface area contributed by atoms with E-state index in [0.29, 0.717) is 31.4 Å². The maximum atomic E-state index is 13.8. The van der Waals surface area contributed by atoms with Crippen molar-refractivity contribution in [2.45, 2.75) is 66.9 Å². The molecule has 1 unspecified atom stereocenters. The van der Waals surface area contributed by atoms with Crippen molar-refractivity contribution in [2.24, 2.45) is 11.8 Å². The molecule has 2 fully saturated rings. The minimum absolute atomic E-state index is 0.0153. The summed E-state index contributed by atoms with van der Waals surface area (Å²) in [5.74, 6) is -6.76. The van der Waals surface area contributed by atoms with Crippen molar-refractivity contribution in [3.05, 3.63) is 58.4 Å². The molecule has 14 heteroatoms. The highest BCUT2D eigenvalue weighted by molar-refractivity contribution is 7.92. The molecule has 3 N–H and O–H groups in total. The van der Waals surface area contributed by atoms with E-state index in [9.17, 15) is 39.9 Å². The van der Waals surface area contributed by atoms with E-state index in [1.165, 1.54) is 12.1 Å². The summed E-state index contributed by atoms with van der Waals surface area (Å²) in [6.07, 6.45) is 1.57. The molecule has 2 aromatic rings. The number of nitrogens with one attached hydrogen (secondary N) is 2. The maximum Gasteiger partial charge on any atom is 0.255 e. The first kappa shape index (κ1) is 30.8. The van der Waals surface area contributed by atoms with Gasteiger partial charge in [0.05, 0.1) is 26.0 Å². The van der Waals surface area contributed by atoms with Crippen LogP contribution in [0.1, 0.15) is 56.3 Å². The average Bonchev–Trinajstić information content (AvgIpc) is 3.74. The molecule has 0 radical (unpaired) electrons.